The highest BCUT2D eigenvalue weighted by molar-refractivity contribution is 6.34. The number of benzene rings is 2. The summed E-state index contributed by atoms with van der Waals surface area (Å²) in [6.07, 6.45) is 0. The molecule has 0 saturated carbocycles. The van der Waals surface area contributed by atoms with Crippen LogP contribution in [0.15, 0.2) is 53.3 Å². The van der Waals surface area contributed by atoms with Crippen molar-refractivity contribution in [3.63, 3.8) is 0 Å². The lowest BCUT2D eigenvalue weighted by Crippen LogP contribution is -2.13. The Labute approximate surface area is 129 Å². The maximum absolute atomic E-state index is 14.0. The molecule has 0 saturated heterocycles. The molecule has 0 aliphatic rings. The highest BCUT2D eigenvalue weighted by Crippen LogP contribution is 2.22. The summed E-state index contributed by atoms with van der Waals surface area (Å²) in [5.41, 5.74) is 0.288. The minimum absolute atomic E-state index is 0.100. The molecule has 1 amide bonds. The molecule has 4 nitrogen and oxygen atoms in total. The summed E-state index contributed by atoms with van der Waals surface area (Å²) in [4.78, 5) is 25.8. The molecule has 110 valence electrons. The first-order valence-corrected chi connectivity index (χ1v) is 6.81. The average Bonchev–Trinajstić information content (AvgIpc) is 2.48. The second-order valence-electron chi connectivity index (χ2n) is 4.68. The molecule has 0 spiro atoms. The Bertz CT molecular complexity index is 937. The number of hydrogen-bond donors (Lipinski definition) is 2. The van der Waals surface area contributed by atoms with E-state index in [1.54, 1.807) is 30.3 Å². The highest BCUT2D eigenvalue weighted by atomic mass is 35.5. The number of carbonyl (C=O) groups excluding carboxylic acids is 1. The Morgan fingerprint density at radius 2 is 1.91 bits per heavy atom. The number of aromatic amines is 1. The smallest absolute Gasteiger partial charge is 0.257 e. The van der Waals surface area contributed by atoms with Crippen molar-refractivity contribution in [1.29, 1.82) is 0 Å². The van der Waals surface area contributed by atoms with Crippen LogP contribution in [0.2, 0.25) is 5.02 Å². The summed E-state index contributed by atoms with van der Waals surface area (Å²) in [5.74, 6) is -1.06. The fourth-order valence-electron chi connectivity index (χ4n) is 2.14. The van der Waals surface area contributed by atoms with Crippen LogP contribution in [0.5, 0.6) is 0 Å². The van der Waals surface area contributed by atoms with E-state index in [0.29, 0.717) is 16.0 Å². The third kappa shape index (κ3) is 2.71. The van der Waals surface area contributed by atoms with Crippen molar-refractivity contribution in [2.75, 3.05) is 5.32 Å². The largest absolute Gasteiger partial charge is 0.322 e. The molecule has 2 aromatic carbocycles. The van der Waals surface area contributed by atoms with Gasteiger partial charge in [-0.1, -0.05) is 23.7 Å². The van der Waals surface area contributed by atoms with Crippen LogP contribution in [0.3, 0.4) is 0 Å². The number of nitrogens with one attached hydrogen (secondary N) is 2. The molecule has 0 fully saturated rings. The molecule has 0 aliphatic heterocycles. The van der Waals surface area contributed by atoms with Gasteiger partial charge in [0.25, 0.3) is 5.91 Å². The van der Waals surface area contributed by atoms with Crippen LogP contribution >= 0.6 is 11.6 Å². The zero-order valence-electron chi connectivity index (χ0n) is 11.2. The number of halogens is 2. The van der Waals surface area contributed by atoms with Gasteiger partial charge in [0.1, 0.15) is 5.82 Å². The summed E-state index contributed by atoms with van der Waals surface area (Å²) >= 11 is 5.95. The quantitative estimate of drug-likeness (QED) is 0.759. The number of amides is 1. The molecule has 0 aliphatic carbocycles. The maximum Gasteiger partial charge on any atom is 0.257 e. The third-order valence-corrected chi connectivity index (χ3v) is 3.49. The number of anilines is 1. The van der Waals surface area contributed by atoms with Crippen LogP contribution in [0.4, 0.5) is 10.1 Å². The van der Waals surface area contributed by atoms with Crippen molar-refractivity contribution >= 4 is 34.1 Å². The molecular formula is C16H10ClFN2O2. The summed E-state index contributed by atoms with van der Waals surface area (Å²) < 4.78 is 14.0. The van der Waals surface area contributed by atoms with Gasteiger partial charge in [0, 0.05) is 17.1 Å². The Kier molecular flexibility index (Phi) is 3.65. The van der Waals surface area contributed by atoms with Crippen LogP contribution in [0, 0.1) is 5.82 Å². The lowest BCUT2D eigenvalue weighted by Gasteiger charge is -2.08. The number of aromatic nitrogens is 1. The fraction of sp³-hybridized carbons (Fsp3) is 0. The van der Waals surface area contributed by atoms with Crippen LogP contribution in [0.1, 0.15) is 10.4 Å². The monoisotopic (exact) mass is 316 g/mol. The van der Waals surface area contributed by atoms with E-state index in [9.17, 15) is 14.0 Å². The van der Waals surface area contributed by atoms with Crippen LogP contribution in [-0.2, 0) is 0 Å². The van der Waals surface area contributed by atoms with Gasteiger partial charge in [0.2, 0.25) is 5.56 Å². The van der Waals surface area contributed by atoms with E-state index in [2.05, 4.69) is 10.3 Å². The molecule has 1 heterocycles. The van der Waals surface area contributed by atoms with E-state index in [4.69, 9.17) is 11.6 Å². The number of fused-ring (bicyclic) bond motifs is 1. The van der Waals surface area contributed by atoms with E-state index in [-0.39, 0.29) is 16.8 Å². The Balaban J connectivity index is 1.98. The number of H-pyrrole nitrogens is 1. The zero-order chi connectivity index (χ0) is 15.7. The van der Waals surface area contributed by atoms with Gasteiger partial charge in [-0.15, -0.1) is 0 Å². The molecule has 2 N–H and O–H groups in total. The van der Waals surface area contributed by atoms with Crippen molar-refractivity contribution in [2.24, 2.45) is 0 Å². The van der Waals surface area contributed by atoms with Crippen molar-refractivity contribution in [3.8, 4) is 0 Å². The summed E-state index contributed by atoms with van der Waals surface area (Å²) in [7, 11) is 0. The Hall–Kier alpha value is -2.66. The van der Waals surface area contributed by atoms with Crippen molar-refractivity contribution in [3.05, 3.63) is 75.3 Å². The molecule has 22 heavy (non-hydrogen) atoms. The van der Waals surface area contributed by atoms with Gasteiger partial charge in [-0.2, -0.15) is 0 Å². The second kappa shape index (κ2) is 5.61. The van der Waals surface area contributed by atoms with E-state index in [1.165, 1.54) is 12.1 Å². The minimum atomic E-state index is -0.621. The summed E-state index contributed by atoms with van der Waals surface area (Å²) in [6.45, 7) is 0. The molecule has 6 heteroatoms. The van der Waals surface area contributed by atoms with E-state index in [0.717, 1.165) is 6.07 Å². The standard InChI is InChI=1S/C16H10ClFN2O2/c17-12-4-2-1-3-11(12)16(22)19-10-7-9-5-6-14(21)20-15(9)13(18)8-10/h1-8H,(H,19,22)(H,20,21). The number of rotatable bonds is 2. The molecule has 0 unspecified atom stereocenters. The first-order valence-electron chi connectivity index (χ1n) is 6.43. The summed E-state index contributed by atoms with van der Waals surface area (Å²) in [6, 6.07) is 12.1. The van der Waals surface area contributed by atoms with Gasteiger partial charge >= 0.3 is 0 Å². The van der Waals surface area contributed by atoms with Crippen LogP contribution in [0.25, 0.3) is 10.9 Å². The first-order chi connectivity index (χ1) is 10.5. The second-order valence-corrected chi connectivity index (χ2v) is 5.09. The fourth-order valence-corrected chi connectivity index (χ4v) is 2.36. The molecule has 3 aromatic rings. The topological polar surface area (TPSA) is 62.0 Å². The molecule has 1 aromatic heterocycles. The van der Waals surface area contributed by atoms with Crippen molar-refractivity contribution in [1.82, 2.24) is 4.98 Å². The first kappa shape index (κ1) is 14.3. The molecule has 3 rings (SSSR count). The molecule has 0 bridgehead atoms. The van der Waals surface area contributed by atoms with Gasteiger partial charge < -0.3 is 10.3 Å². The van der Waals surface area contributed by atoms with Crippen LogP contribution < -0.4 is 10.9 Å². The summed E-state index contributed by atoms with van der Waals surface area (Å²) in [5, 5.41) is 3.38. The van der Waals surface area contributed by atoms with Gasteiger partial charge in [-0.25, -0.2) is 4.39 Å². The number of hydrogen-bond acceptors (Lipinski definition) is 2. The molecule has 0 atom stereocenters. The Morgan fingerprint density at radius 1 is 1.14 bits per heavy atom. The molecule has 0 radical (unpaired) electrons. The lowest BCUT2D eigenvalue weighted by atomic mass is 10.1. The minimum Gasteiger partial charge on any atom is -0.322 e. The van der Waals surface area contributed by atoms with E-state index >= 15 is 0 Å². The number of pyridine rings is 1. The van der Waals surface area contributed by atoms with Crippen molar-refractivity contribution in [2.45, 2.75) is 0 Å². The predicted molar refractivity (Wildman–Crippen MR) is 83.9 cm³/mol. The number of carbonyl (C=O) groups is 1. The normalized spacial score (nSPS) is 10.6. The van der Waals surface area contributed by atoms with Gasteiger partial charge in [-0.05, 0) is 30.3 Å². The average molecular weight is 317 g/mol. The van der Waals surface area contributed by atoms with Gasteiger partial charge in [0.05, 0.1) is 16.1 Å². The van der Waals surface area contributed by atoms with Crippen LogP contribution in [-0.4, -0.2) is 10.9 Å². The Morgan fingerprint density at radius 3 is 2.68 bits per heavy atom. The highest BCUT2D eigenvalue weighted by Gasteiger charge is 2.11. The van der Waals surface area contributed by atoms with Gasteiger partial charge in [-0.3, -0.25) is 9.59 Å². The van der Waals surface area contributed by atoms with Crippen molar-refractivity contribution < 1.29 is 9.18 Å². The molecular weight excluding hydrogens is 307 g/mol. The lowest BCUT2D eigenvalue weighted by molar-refractivity contribution is 0.102. The zero-order valence-corrected chi connectivity index (χ0v) is 11.9. The van der Waals surface area contributed by atoms with E-state index < -0.39 is 11.7 Å². The van der Waals surface area contributed by atoms with Gasteiger partial charge in [0.15, 0.2) is 0 Å². The predicted octanol–water partition coefficient (Wildman–Crippen LogP) is 3.57. The maximum atomic E-state index is 14.0. The SMILES string of the molecule is O=C(Nc1cc(F)c2[nH]c(=O)ccc2c1)c1ccccc1Cl. The third-order valence-electron chi connectivity index (χ3n) is 3.16. The van der Waals surface area contributed by atoms with E-state index in [1.807, 2.05) is 0 Å².